The molecule has 1 aromatic carbocycles. The molecule has 26 heavy (non-hydrogen) atoms. The number of pyridine rings is 1. The highest BCUT2D eigenvalue weighted by Crippen LogP contribution is 2.33. The molecule has 0 radical (unpaired) electrons. The molecular formula is C19H22F3N3O. The van der Waals surface area contributed by atoms with E-state index in [0.29, 0.717) is 12.2 Å². The third-order valence-electron chi connectivity index (χ3n) is 4.42. The summed E-state index contributed by atoms with van der Waals surface area (Å²) in [6.45, 7) is 4.80. The third-order valence-corrected chi connectivity index (χ3v) is 4.42. The fourth-order valence-electron chi connectivity index (χ4n) is 3.06. The molecule has 0 atom stereocenters. The average molecular weight is 365 g/mol. The third kappa shape index (κ3) is 4.95. The average Bonchev–Trinajstić information content (AvgIpc) is 2.66. The number of rotatable bonds is 6. The number of halogens is 3. The molecule has 1 saturated heterocycles. The van der Waals surface area contributed by atoms with Gasteiger partial charge in [-0.05, 0) is 36.8 Å². The summed E-state index contributed by atoms with van der Waals surface area (Å²) in [4.78, 5) is 8.24. The van der Waals surface area contributed by atoms with Crippen LogP contribution in [0.25, 0.3) is 0 Å². The Kier molecular flexibility index (Phi) is 6.11. The second-order valence-electron chi connectivity index (χ2n) is 6.21. The van der Waals surface area contributed by atoms with Crippen LogP contribution in [0.4, 0.5) is 24.5 Å². The van der Waals surface area contributed by atoms with Gasteiger partial charge < -0.3 is 9.64 Å². The predicted molar refractivity (Wildman–Crippen MR) is 94.6 cm³/mol. The minimum atomic E-state index is -4.35. The lowest BCUT2D eigenvalue weighted by atomic mass is 10.1. The zero-order valence-electron chi connectivity index (χ0n) is 14.5. The van der Waals surface area contributed by atoms with Crippen LogP contribution in [-0.2, 0) is 10.9 Å². The summed E-state index contributed by atoms with van der Waals surface area (Å²) >= 11 is 0. The normalized spacial score (nSPS) is 15.8. The molecule has 4 nitrogen and oxygen atoms in total. The van der Waals surface area contributed by atoms with Gasteiger partial charge in [-0.15, -0.1) is 0 Å². The van der Waals surface area contributed by atoms with Crippen molar-refractivity contribution in [3.8, 4) is 0 Å². The van der Waals surface area contributed by atoms with Gasteiger partial charge >= 0.3 is 6.18 Å². The van der Waals surface area contributed by atoms with E-state index in [1.165, 1.54) is 12.1 Å². The van der Waals surface area contributed by atoms with Crippen molar-refractivity contribution in [3.63, 3.8) is 0 Å². The van der Waals surface area contributed by atoms with Gasteiger partial charge in [0.2, 0.25) is 0 Å². The van der Waals surface area contributed by atoms with Crippen molar-refractivity contribution in [2.24, 2.45) is 0 Å². The molecule has 2 heterocycles. The van der Waals surface area contributed by atoms with E-state index >= 15 is 0 Å². The largest absolute Gasteiger partial charge is 0.416 e. The molecule has 3 rings (SSSR count). The first kappa shape index (κ1) is 18.7. The quantitative estimate of drug-likeness (QED) is 0.775. The maximum absolute atomic E-state index is 13.1. The topological polar surface area (TPSA) is 28.6 Å². The molecular weight excluding hydrogens is 343 g/mol. The summed E-state index contributed by atoms with van der Waals surface area (Å²) in [6.07, 6.45) is -0.206. The van der Waals surface area contributed by atoms with Crippen LogP contribution in [0.5, 0.6) is 0 Å². The fraction of sp³-hybridized carbons (Fsp3) is 0.421. The van der Waals surface area contributed by atoms with Crippen molar-refractivity contribution in [2.75, 3.05) is 44.3 Å². The molecule has 0 aliphatic carbocycles. The van der Waals surface area contributed by atoms with E-state index in [9.17, 15) is 13.2 Å². The Labute approximate surface area is 151 Å². The van der Waals surface area contributed by atoms with E-state index in [4.69, 9.17) is 4.74 Å². The van der Waals surface area contributed by atoms with Gasteiger partial charge in [-0.1, -0.05) is 6.07 Å². The van der Waals surface area contributed by atoms with Crippen molar-refractivity contribution in [3.05, 3.63) is 54.4 Å². The lowest BCUT2D eigenvalue weighted by Gasteiger charge is -2.29. The van der Waals surface area contributed by atoms with Crippen molar-refractivity contribution in [2.45, 2.75) is 12.6 Å². The molecule has 0 spiro atoms. The number of morpholine rings is 1. The van der Waals surface area contributed by atoms with Crippen LogP contribution in [0.2, 0.25) is 0 Å². The number of benzene rings is 1. The van der Waals surface area contributed by atoms with Gasteiger partial charge in [0.1, 0.15) is 0 Å². The van der Waals surface area contributed by atoms with Crippen molar-refractivity contribution in [1.82, 2.24) is 9.88 Å². The number of hydrogen-bond acceptors (Lipinski definition) is 4. The molecule has 7 heteroatoms. The lowest BCUT2D eigenvalue weighted by Crippen LogP contribution is -2.37. The molecule has 0 bridgehead atoms. The maximum Gasteiger partial charge on any atom is 0.416 e. The van der Waals surface area contributed by atoms with Crippen LogP contribution in [-0.4, -0.2) is 49.3 Å². The minimum absolute atomic E-state index is 0.535. The molecule has 1 aliphatic rings. The van der Waals surface area contributed by atoms with Gasteiger partial charge in [-0.3, -0.25) is 9.88 Å². The van der Waals surface area contributed by atoms with Gasteiger partial charge in [0.25, 0.3) is 0 Å². The smallest absolute Gasteiger partial charge is 0.379 e. The summed E-state index contributed by atoms with van der Waals surface area (Å²) < 4.78 is 44.6. The Morgan fingerprint density at radius 2 is 1.77 bits per heavy atom. The fourth-order valence-corrected chi connectivity index (χ4v) is 3.06. The highest BCUT2D eigenvalue weighted by Gasteiger charge is 2.31. The zero-order valence-corrected chi connectivity index (χ0v) is 14.5. The van der Waals surface area contributed by atoms with Crippen molar-refractivity contribution < 1.29 is 17.9 Å². The van der Waals surface area contributed by atoms with Crippen LogP contribution >= 0.6 is 0 Å². The molecule has 0 amide bonds. The molecule has 0 N–H and O–H groups in total. The number of ether oxygens (including phenoxy) is 1. The van der Waals surface area contributed by atoms with Gasteiger partial charge in [0.05, 0.1) is 18.8 Å². The molecule has 2 aromatic rings. The van der Waals surface area contributed by atoms with Crippen LogP contribution in [0.3, 0.4) is 0 Å². The van der Waals surface area contributed by atoms with Gasteiger partial charge in [0.15, 0.2) is 0 Å². The Balaban J connectivity index is 1.75. The van der Waals surface area contributed by atoms with E-state index in [0.717, 1.165) is 51.0 Å². The molecule has 0 saturated carbocycles. The van der Waals surface area contributed by atoms with E-state index in [1.54, 1.807) is 18.5 Å². The van der Waals surface area contributed by atoms with Crippen molar-refractivity contribution >= 4 is 11.4 Å². The highest BCUT2D eigenvalue weighted by molar-refractivity contribution is 5.63. The van der Waals surface area contributed by atoms with Crippen LogP contribution in [0, 0.1) is 0 Å². The number of hydrogen-bond donors (Lipinski definition) is 0. The lowest BCUT2D eigenvalue weighted by molar-refractivity contribution is -0.137. The Morgan fingerprint density at radius 3 is 2.46 bits per heavy atom. The minimum Gasteiger partial charge on any atom is -0.379 e. The first-order valence-electron chi connectivity index (χ1n) is 8.69. The molecule has 0 unspecified atom stereocenters. The van der Waals surface area contributed by atoms with Crippen LogP contribution < -0.4 is 4.90 Å². The maximum atomic E-state index is 13.1. The first-order chi connectivity index (χ1) is 12.5. The van der Waals surface area contributed by atoms with Gasteiger partial charge in [-0.2, -0.15) is 13.2 Å². The second kappa shape index (κ2) is 8.51. The summed E-state index contributed by atoms with van der Waals surface area (Å²) in [6, 6.07) is 9.10. The van der Waals surface area contributed by atoms with E-state index in [-0.39, 0.29) is 0 Å². The van der Waals surface area contributed by atoms with E-state index < -0.39 is 11.7 Å². The Hall–Kier alpha value is -2.12. The molecule has 1 fully saturated rings. The van der Waals surface area contributed by atoms with Crippen molar-refractivity contribution in [1.29, 1.82) is 0 Å². The zero-order chi connectivity index (χ0) is 18.4. The predicted octanol–water partition coefficient (Wildman–Crippen LogP) is 3.96. The highest BCUT2D eigenvalue weighted by atomic mass is 19.4. The van der Waals surface area contributed by atoms with Crippen LogP contribution in [0.1, 0.15) is 12.0 Å². The first-order valence-corrected chi connectivity index (χ1v) is 8.69. The number of anilines is 2. The molecule has 1 aromatic heterocycles. The molecule has 1 aliphatic heterocycles. The summed E-state index contributed by atoms with van der Waals surface area (Å²) in [5.41, 5.74) is 0.733. The number of aromatic nitrogens is 1. The van der Waals surface area contributed by atoms with Gasteiger partial charge in [-0.25, -0.2) is 0 Å². The van der Waals surface area contributed by atoms with E-state index in [1.807, 2.05) is 17.0 Å². The Bertz CT molecular complexity index is 688. The van der Waals surface area contributed by atoms with E-state index in [2.05, 4.69) is 9.88 Å². The second-order valence-corrected chi connectivity index (χ2v) is 6.21. The summed E-state index contributed by atoms with van der Waals surface area (Å²) in [7, 11) is 0. The summed E-state index contributed by atoms with van der Waals surface area (Å²) in [5.74, 6) is 0. The Morgan fingerprint density at radius 1 is 1.04 bits per heavy atom. The van der Waals surface area contributed by atoms with Crippen LogP contribution in [0.15, 0.2) is 48.8 Å². The molecule has 140 valence electrons. The monoisotopic (exact) mass is 365 g/mol. The van der Waals surface area contributed by atoms with Gasteiger partial charge in [0, 0.05) is 49.9 Å². The number of alkyl halides is 3. The number of nitrogens with zero attached hydrogens (tertiary/aromatic N) is 3. The summed E-state index contributed by atoms with van der Waals surface area (Å²) in [5, 5.41) is 0. The SMILES string of the molecule is FC(F)(F)c1cccc(N(CCCN2CCOCC2)c2ccncc2)c1. The standard InChI is InChI=1S/C19H22F3N3O/c20-19(21,22)16-3-1-4-18(15-16)25(17-5-7-23-8-6-17)10-2-9-24-11-13-26-14-12-24/h1,3-8,15H,2,9-14H2.